The van der Waals surface area contributed by atoms with Gasteiger partial charge in [-0.15, -0.1) is 0 Å². The van der Waals surface area contributed by atoms with Crippen LogP contribution in [0.4, 0.5) is 5.82 Å². The first-order valence-electron chi connectivity index (χ1n) is 7.91. The number of aryl methyl sites for hydroxylation is 2. The Morgan fingerprint density at radius 2 is 2.12 bits per heavy atom. The molecule has 0 radical (unpaired) electrons. The minimum Gasteiger partial charge on any atom is -0.483 e. The maximum absolute atomic E-state index is 11.8. The molecule has 1 aromatic rings. The van der Waals surface area contributed by atoms with Crippen LogP contribution in [-0.2, 0) is 22.4 Å². The van der Waals surface area contributed by atoms with E-state index in [1.54, 1.807) is 6.07 Å². The number of fused-ring (bicyclic) bond motifs is 2. The van der Waals surface area contributed by atoms with E-state index in [4.69, 9.17) is 9.90 Å². The summed E-state index contributed by atoms with van der Waals surface area (Å²) >= 11 is 0. The van der Waals surface area contributed by atoms with Crippen LogP contribution in [0.1, 0.15) is 28.0 Å². The first kappa shape index (κ1) is 16.2. The number of pyridine rings is 1. The van der Waals surface area contributed by atoms with Crippen molar-refractivity contribution in [3.8, 4) is 0 Å². The Bertz CT molecular complexity index is 691. The van der Waals surface area contributed by atoms with Crippen LogP contribution in [0.25, 0.3) is 0 Å². The standard InChI is InChI=1S/C15H17N3O3.CH2O2/c19-14-11-7-18(6-9(11)5-16-14)13-10(15(20)21)4-8-2-1-3-12(8)17-13;2-1-3/h4,9,11H,1-3,5-7H2,(H,16,19)(H,20,21);1H,(H,2,3)/t9-,11+;/m0./s1. The number of carboxylic acid groups (broad SMARTS) is 2. The molecule has 1 aliphatic carbocycles. The number of anilines is 1. The average Bonchev–Trinajstić information content (AvgIpc) is 3.23. The topological polar surface area (TPSA) is 120 Å². The Morgan fingerprint density at radius 1 is 1.38 bits per heavy atom. The number of aromatic carboxylic acids is 1. The molecule has 4 rings (SSSR count). The second-order valence-electron chi connectivity index (χ2n) is 6.25. The van der Waals surface area contributed by atoms with Gasteiger partial charge in [0, 0.05) is 31.2 Å². The van der Waals surface area contributed by atoms with Gasteiger partial charge in [0.15, 0.2) is 0 Å². The third kappa shape index (κ3) is 2.79. The molecule has 128 valence electrons. The molecule has 2 atom stereocenters. The van der Waals surface area contributed by atoms with Crippen LogP contribution in [0.5, 0.6) is 0 Å². The van der Waals surface area contributed by atoms with E-state index in [1.807, 2.05) is 4.90 Å². The Hall–Kier alpha value is -2.64. The summed E-state index contributed by atoms with van der Waals surface area (Å²) < 4.78 is 0. The van der Waals surface area contributed by atoms with Crippen molar-refractivity contribution < 1.29 is 24.6 Å². The lowest BCUT2D eigenvalue weighted by Gasteiger charge is -2.21. The van der Waals surface area contributed by atoms with Gasteiger partial charge in [0.05, 0.1) is 5.92 Å². The zero-order valence-corrected chi connectivity index (χ0v) is 13.1. The zero-order valence-electron chi connectivity index (χ0n) is 13.1. The minimum atomic E-state index is -0.936. The lowest BCUT2D eigenvalue weighted by molar-refractivity contribution is -0.123. The predicted octanol–water partition coefficient (Wildman–Crippen LogP) is 0.151. The van der Waals surface area contributed by atoms with E-state index < -0.39 is 5.97 Å². The van der Waals surface area contributed by atoms with Crippen molar-refractivity contribution in [3.63, 3.8) is 0 Å². The summed E-state index contributed by atoms with van der Waals surface area (Å²) in [4.78, 5) is 38.3. The number of rotatable bonds is 2. The molecule has 3 N–H and O–H groups in total. The maximum atomic E-state index is 11.8. The molecule has 8 heteroatoms. The van der Waals surface area contributed by atoms with Crippen LogP contribution in [0, 0.1) is 11.8 Å². The highest BCUT2D eigenvalue weighted by Gasteiger charge is 2.43. The van der Waals surface area contributed by atoms with Crippen molar-refractivity contribution in [2.75, 3.05) is 24.5 Å². The van der Waals surface area contributed by atoms with E-state index in [0.29, 0.717) is 25.5 Å². The van der Waals surface area contributed by atoms with Crippen molar-refractivity contribution in [1.82, 2.24) is 10.3 Å². The summed E-state index contributed by atoms with van der Waals surface area (Å²) in [5.41, 5.74) is 2.36. The van der Waals surface area contributed by atoms with E-state index in [0.717, 1.165) is 30.5 Å². The number of carbonyl (C=O) groups excluding carboxylic acids is 1. The number of nitrogens with one attached hydrogen (secondary N) is 1. The summed E-state index contributed by atoms with van der Waals surface area (Å²) in [6.45, 7) is 1.71. The quantitative estimate of drug-likeness (QED) is 0.659. The summed E-state index contributed by atoms with van der Waals surface area (Å²) in [5, 5.41) is 19.2. The van der Waals surface area contributed by atoms with Crippen molar-refractivity contribution in [2.45, 2.75) is 19.3 Å². The smallest absolute Gasteiger partial charge is 0.339 e. The first-order valence-corrected chi connectivity index (χ1v) is 7.91. The fourth-order valence-corrected chi connectivity index (χ4v) is 3.77. The number of hydrogen-bond acceptors (Lipinski definition) is 5. The Labute approximate surface area is 138 Å². The molecule has 0 saturated carbocycles. The number of carboxylic acids is 1. The molecule has 8 nitrogen and oxygen atoms in total. The van der Waals surface area contributed by atoms with Crippen LogP contribution in [-0.4, -0.2) is 53.2 Å². The van der Waals surface area contributed by atoms with Gasteiger partial charge in [-0.05, 0) is 30.9 Å². The number of carbonyl (C=O) groups is 3. The van der Waals surface area contributed by atoms with Gasteiger partial charge in [-0.2, -0.15) is 0 Å². The molecular weight excluding hydrogens is 314 g/mol. The van der Waals surface area contributed by atoms with E-state index in [-0.39, 0.29) is 29.8 Å². The Balaban J connectivity index is 0.000000526. The van der Waals surface area contributed by atoms with Gasteiger partial charge in [0.1, 0.15) is 11.4 Å². The molecule has 24 heavy (non-hydrogen) atoms. The normalized spacial score (nSPS) is 23.8. The summed E-state index contributed by atoms with van der Waals surface area (Å²) in [7, 11) is 0. The third-order valence-corrected chi connectivity index (χ3v) is 4.88. The Morgan fingerprint density at radius 3 is 2.79 bits per heavy atom. The monoisotopic (exact) mass is 333 g/mol. The van der Waals surface area contributed by atoms with Crippen LogP contribution in [0.15, 0.2) is 6.07 Å². The summed E-state index contributed by atoms with van der Waals surface area (Å²) in [6.07, 6.45) is 2.87. The number of hydrogen-bond donors (Lipinski definition) is 3. The van der Waals surface area contributed by atoms with Crippen molar-refractivity contribution in [2.24, 2.45) is 11.8 Å². The molecule has 3 heterocycles. The Kier molecular flexibility index (Phi) is 4.37. The van der Waals surface area contributed by atoms with Crippen molar-refractivity contribution in [3.05, 3.63) is 22.9 Å². The highest BCUT2D eigenvalue weighted by atomic mass is 16.4. The molecule has 0 aromatic carbocycles. The second-order valence-corrected chi connectivity index (χ2v) is 6.25. The third-order valence-electron chi connectivity index (χ3n) is 4.88. The molecular formula is C16H19N3O5. The molecule has 0 bridgehead atoms. The number of aromatic nitrogens is 1. The lowest BCUT2D eigenvalue weighted by Crippen LogP contribution is -2.30. The second kappa shape index (κ2) is 6.46. The van der Waals surface area contributed by atoms with Crippen molar-refractivity contribution in [1.29, 1.82) is 0 Å². The molecule has 2 saturated heterocycles. The largest absolute Gasteiger partial charge is 0.483 e. The van der Waals surface area contributed by atoms with Crippen LogP contribution < -0.4 is 10.2 Å². The van der Waals surface area contributed by atoms with E-state index >= 15 is 0 Å². The fourth-order valence-electron chi connectivity index (χ4n) is 3.77. The molecule has 1 aromatic heterocycles. The van der Waals surface area contributed by atoms with Crippen LogP contribution >= 0.6 is 0 Å². The van der Waals surface area contributed by atoms with Crippen LogP contribution in [0.3, 0.4) is 0 Å². The predicted molar refractivity (Wildman–Crippen MR) is 84.1 cm³/mol. The van der Waals surface area contributed by atoms with Gasteiger partial charge in [-0.25, -0.2) is 9.78 Å². The lowest BCUT2D eigenvalue weighted by atomic mass is 10.0. The van der Waals surface area contributed by atoms with E-state index in [1.165, 1.54) is 0 Å². The summed E-state index contributed by atoms with van der Waals surface area (Å²) in [5.74, 6) is -0.0597. The van der Waals surface area contributed by atoms with E-state index in [2.05, 4.69) is 10.3 Å². The average molecular weight is 333 g/mol. The van der Waals surface area contributed by atoms with E-state index in [9.17, 15) is 14.7 Å². The highest BCUT2D eigenvalue weighted by Crippen LogP contribution is 2.34. The van der Waals surface area contributed by atoms with Gasteiger partial charge >= 0.3 is 5.97 Å². The fraction of sp³-hybridized carbons (Fsp3) is 0.500. The molecule has 0 spiro atoms. The molecule has 3 aliphatic rings. The number of nitrogens with zero attached hydrogens (tertiary/aromatic N) is 2. The van der Waals surface area contributed by atoms with Gasteiger partial charge in [0.2, 0.25) is 5.91 Å². The highest BCUT2D eigenvalue weighted by molar-refractivity contribution is 5.94. The minimum absolute atomic E-state index is 0.0262. The van der Waals surface area contributed by atoms with Gasteiger partial charge < -0.3 is 20.4 Å². The molecule has 0 unspecified atom stereocenters. The summed E-state index contributed by atoms with van der Waals surface area (Å²) in [6, 6.07) is 1.78. The maximum Gasteiger partial charge on any atom is 0.339 e. The van der Waals surface area contributed by atoms with Crippen LogP contribution in [0.2, 0.25) is 0 Å². The molecule has 2 fully saturated rings. The van der Waals surface area contributed by atoms with Gasteiger partial charge in [0.25, 0.3) is 6.47 Å². The molecule has 2 aliphatic heterocycles. The van der Waals surface area contributed by atoms with Crippen molar-refractivity contribution >= 4 is 24.2 Å². The number of amides is 1. The van der Waals surface area contributed by atoms with Gasteiger partial charge in [-0.1, -0.05) is 0 Å². The van der Waals surface area contributed by atoms with Gasteiger partial charge in [-0.3, -0.25) is 9.59 Å². The SMILES string of the molecule is O=C(O)c1cc2c(nc1N1C[C@@H]3CNC(=O)[C@@H]3C1)CCC2.O=CO. The first-order chi connectivity index (χ1) is 11.5. The molecule has 1 amide bonds. The zero-order chi connectivity index (χ0) is 17.3.